The lowest BCUT2D eigenvalue weighted by molar-refractivity contribution is 1.27. The Hall–Kier alpha value is -0.210. The van der Waals surface area contributed by atoms with Crippen LogP contribution in [-0.4, -0.2) is 10.7 Å². The topological polar surface area (TPSA) is 12.9 Å². The molecule has 3 heteroatoms. The molecule has 0 bridgehead atoms. The number of pyridine rings is 1. The van der Waals surface area contributed by atoms with Crippen LogP contribution in [0.3, 0.4) is 0 Å². The van der Waals surface area contributed by atoms with Gasteiger partial charge in [0.2, 0.25) is 0 Å². The third-order valence-corrected chi connectivity index (χ3v) is 2.42. The summed E-state index contributed by atoms with van der Waals surface area (Å²) in [6.45, 7) is 2.15. The summed E-state index contributed by atoms with van der Waals surface area (Å²) in [7, 11) is 0. The minimum absolute atomic E-state index is 0.583. The van der Waals surface area contributed by atoms with Crippen LogP contribution in [0.5, 0.6) is 0 Å². The van der Waals surface area contributed by atoms with Gasteiger partial charge in [0.25, 0.3) is 0 Å². The van der Waals surface area contributed by atoms with Gasteiger partial charge < -0.3 is 0 Å². The van der Waals surface area contributed by atoms with E-state index in [1.54, 1.807) is 6.20 Å². The van der Waals surface area contributed by atoms with Crippen LogP contribution in [0, 0.1) is 0 Å². The van der Waals surface area contributed by atoms with Gasteiger partial charge in [0.05, 0.1) is 0 Å². The van der Waals surface area contributed by atoms with E-state index in [2.05, 4.69) is 11.9 Å². The maximum absolute atomic E-state index is 5.70. The van der Waals surface area contributed by atoms with E-state index in [0.29, 0.717) is 5.15 Å². The van der Waals surface area contributed by atoms with Crippen molar-refractivity contribution >= 4 is 23.4 Å². The fourth-order valence-corrected chi connectivity index (χ4v) is 1.57. The molecule has 0 atom stereocenters. The molecule has 0 amide bonds. The number of halogens is 1. The van der Waals surface area contributed by atoms with E-state index >= 15 is 0 Å². The molecule has 1 nitrogen and oxygen atoms in total. The Morgan fingerprint density at radius 3 is 3.09 bits per heavy atom. The molecule has 0 aliphatic rings. The number of nitrogens with zero attached hydrogens (tertiary/aromatic N) is 1. The van der Waals surface area contributed by atoms with Crippen LogP contribution >= 0.6 is 23.4 Å². The van der Waals surface area contributed by atoms with Crippen molar-refractivity contribution in [2.45, 2.75) is 12.7 Å². The standard InChI is InChI=1S/C8H10ClNS/c1-2-11-6-7-3-4-10-8(9)5-7/h3-5H,2,6H2,1H3. The molecule has 0 radical (unpaired) electrons. The van der Waals surface area contributed by atoms with Crippen LogP contribution in [0.2, 0.25) is 5.15 Å². The fraction of sp³-hybridized carbons (Fsp3) is 0.375. The minimum atomic E-state index is 0.583. The molecule has 0 saturated carbocycles. The molecular formula is C8H10ClNS. The monoisotopic (exact) mass is 187 g/mol. The second-order valence-electron chi connectivity index (χ2n) is 2.12. The van der Waals surface area contributed by atoms with Crippen LogP contribution in [0.25, 0.3) is 0 Å². The normalized spacial score (nSPS) is 10.0. The Kier molecular flexibility index (Phi) is 3.73. The Morgan fingerprint density at radius 1 is 1.64 bits per heavy atom. The van der Waals surface area contributed by atoms with E-state index in [9.17, 15) is 0 Å². The average Bonchev–Trinajstić information content (AvgIpc) is 2.01. The highest BCUT2D eigenvalue weighted by atomic mass is 35.5. The molecule has 0 aromatic carbocycles. The second-order valence-corrected chi connectivity index (χ2v) is 3.79. The maximum Gasteiger partial charge on any atom is 0.129 e. The summed E-state index contributed by atoms with van der Waals surface area (Å²) in [4.78, 5) is 3.90. The van der Waals surface area contributed by atoms with Gasteiger partial charge in [-0.3, -0.25) is 0 Å². The number of hydrogen-bond acceptors (Lipinski definition) is 2. The third-order valence-electron chi connectivity index (χ3n) is 1.26. The highest BCUT2D eigenvalue weighted by Gasteiger charge is 1.93. The highest BCUT2D eigenvalue weighted by Crippen LogP contribution is 2.13. The molecule has 1 aromatic heterocycles. The summed E-state index contributed by atoms with van der Waals surface area (Å²) >= 11 is 7.59. The predicted octanol–water partition coefficient (Wildman–Crippen LogP) is 2.99. The van der Waals surface area contributed by atoms with Crippen molar-refractivity contribution in [2.24, 2.45) is 0 Å². The van der Waals surface area contributed by atoms with Gasteiger partial charge >= 0.3 is 0 Å². The zero-order valence-electron chi connectivity index (χ0n) is 6.38. The van der Waals surface area contributed by atoms with E-state index in [-0.39, 0.29) is 0 Å². The van der Waals surface area contributed by atoms with E-state index in [0.717, 1.165) is 11.5 Å². The van der Waals surface area contributed by atoms with Crippen molar-refractivity contribution in [2.75, 3.05) is 5.75 Å². The predicted molar refractivity (Wildman–Crippen MR) is 51.1 cm³/mol. The van der Waals surface area contributed by atoms with Gasteiger partial charge in [-0.2, -0.15) is 11.8 Å². The number of hydrogen-bond donors (Lipinski definition) is 0. The van der Waals surface area contributed by atoms with Crippen LogP contribution in [0.15, 0.2) is 18.3 Å². The minimum Gasteiger partial charge on any atom is -0.245 e. The summed E-state index contributed by atoms with van der Waals surface area (Å²) in [5, 5.41) is 0.583. The first-order valence-electron chi connectivity index (χ1n) is 3.51. The molecule has 1 heterocycles. The molecule has 0 aliphatic heterocycles. The lowest BCUT2D eigenvalue weighted by atomic mass is 10.3. The Morgan fingerprint density at radius 2 is 2.45 bits per heavy atom. The van der Waals surface area contributed by atoms with Crippen molar-refractivity contribution in [1.29, 1.82) is 0 Å². The van der Waals surface area contributed by atoms with E-state index in [1.807, 2.05) is 23.9 Å². The van der Waals surface area contributed by atoms with Crippen LogP contribution < -0.4 is 0 Å². The van der Waals surface area contributed by atoms with Gasteiger partial charge in [0, 0.05) is 11.9 Å². The van der Waals surface area contributed by atoms with E-state index in [4.69, 9.17) is 11.6 Å². The molecule has 0 spiro atoms. The average molecular weight is 188 g/mol. The molecule has 0 aliphatic carbocycles. The van der Waals surface area contributed by atoms with Crippen molar-refractivity contribution in [1.82, 2.24) is 4.98 Å². The summed E-state index contributed by atoms with van der Waals surface area (Å²) in [5.41, 5.74) is 1.25. The summed E-state index contributed by atoms with van der Waals surface area (Å²) < 4.78 is 0. The Labute approximate surface area is 76.2 Å². The largest absolute Gasteiger partial charge is 0.245 e. The molecule has 0 saturated heterocycles. The Bertz CT molecular complexity index is 227. The van der Waals surface area contributed by atoms with Crippen molar-refractivity contribution in [3.8, 4) is 0 Å². The zero-order chi connectivity index (χ0) is 8.10. The Balaban J connectivity index is 2.56. The molecule has 1 aromatic rings. The first-order chi connectivity index (χ1) is 5.33. The first kappa shape index (κ1) is 8.88. The summed E-state index contributed by atoms with van der Waals surface area (Å²) in [6, 6.07) is 3.90. The van der Waals surface area contributed by atoms with Gasteiger partial charge in [-0.15, -0.1) is 0 Å². The quantitative estimate of drug-likeness (QED) is 0.675. The molecule has 1 rings (SSSR count). The lowest BCUT2D eigenvalue weighted by Gasteiger charge is -1.98. The molecule has 0 N–H and O–H groups in total. The zero-order valence-corrected chi connectivity index (χ0v) is 7.95. The maximum atomic E-state index is 5.70. The van der Waals surface area contributed by atoms with E-state index in [1.165, 1.54) is 5.56 Å². The summed E-state index contributed by atoms with van der Waals surface area (Å²) in [6.07, 6.45) is 1.74. The van der Waals surface area contributed by atoms with Crippen LogP contribution in [-0.2, 0) is 5.75 Å². The molecule has 0 unspecified atom stereocenters. The molecule has 11 heavy (non-hydrogen) atoms. The number of aromatic nitrogens is 1. The van der Waals surface area contributed by atoms with Gasteiger partial charge in [-0.1, -0.05) is 18.5 Å². The smallest absolute Gasteiger partial charge is 0.129 e. The van der Waals surface area contributed by atoms with Gasteiger partial charge in [-0.05, 0) is 23.4 Å². The SMILES string of the molecule is CCSCc1ccnc(Cl)c1. The molecule has 60 valence electrons. The third kappa shape index (κ3) is 3.12. The number of thioether (sulfide) groups is 1. The lowest BCUT2D eigenvalue weighted by Crippen LogP contribution is -1.82. The van der Waals surface area contributed by atoms with Crippen molar-refractivity contribution in [3.05, 3.63) is 29.0 Å². The molecule has 0 fully saturated rings. The first-order valence-corrected chi connectivity index (χ1v) is 5.04. The number of rotatable bonds is 3. The van der Waals surface area contributed by atoms with Gasteiger partial charge in [0.15, 0.2) is 0 Å². The van der Waals surface area contributed by atoms with Crippen LogP contribution in [0.4, 0.5) is 0 Å². The van der Waals surface area contributed by atoms with Crippen molar-refractivity contribution in [3.63, 3.8) is 0 Å². The van der Waals surface area contributed by atoms with Gasteiger partial charge in [-0.25, -0.2) is 4.98 Å². The molecular weight excluding hydrogens is 178 g/mol. The second kappa shape index (κ2) is 4.62. The highest BCUT2D eigenvalue weighted by molar-refractivity contribution is 7.98. The van der Waals surface area contributed by atoms with Gasteiger partial charge in [0.1, 0.15) is 5.15 Å². The van der Waals surface area contributed by atoms with Crippen molar-refractivity contribution < 1.29 is 0 Å². The van der Waals surface area contributed by atoms with Crippen LogP contribution in [0.1, 0.15) is 12.5 Å². The summed E-state index contributed by atoms with van der Waals surface area (Å²) in [5.74, 6) is 2.17. The van der Waals surface area contributed by atoms with E-state index < -0.39 is 0 Å². The fourth-order valence-electron chi connectivity index (χ4n) is 0.752.